The lowest BCUT2D eigenvalue weighted by Gasteiger charge is -2.36. The zero-order valence-electron chi connectivity index (χ0n) is 23.1. The maximum Gasteiger partial charge on any atom is 0.122 e. The Morgan fingerprint density at radius 1 is 0.600 bits per heavy atom. The molecule has 4 rings (SSSR count). The molecule has 2 fully saturated rings. The Hall–Kier alpha value is -1.96. The summed E-state index contributed by atoms with van der Waals surface area (Å²) in [7, 11) is 0. The first-order chi connectivity index (χ1) is 16.5. The number of rotatable bonds is 6. The van der Waals surface area contributed by atoms with Crippen LogP contribution < -0.4 is 0 Å². The van der Waals surface area contributed by atoms with Gasteiger partial charge in [0.15, 0.2) is 0 Å². The average molecular weight is 477 g/mol. The lowest BCUT2D eigenvalue weighted by molar-refractivity contribution is 0.306. The summed E-state index contributed by atoms with van der Waals surface area (Å²) in [6.45, 7) is 13.6. The second-order valence-corrected chi connectivity index (χ2v) is 12.9. The Morgan fingerprint density at radius 2 is 0.943 bits per heavy atom. The van der Waals surface area contributed by atoms with Gasteiger partial charge in [-0.25, -0.2) is 0 Å². The fraction of sp³-hybridized carbons (Fsp3) is 0.636. The first kappa shape index (κ1) is 26.1. The predicted octanol–water partition coefficient (Wildman–Crippen LogP) is 9.38. The van der Waals surface area contributed by atoms with Gasteiger partial charge in [-0.05, 0) is 70.6 Å². The number of hydrogen-bond acceptors (Lipinski definition) is 2. The molecule has 0 atom stereocenters. The van der Waals surface area contributed by atoms with Crippen LogP contribution in [0.2, 0.25) is 0 Å². The van der Waals surface area contributed by atoms with Crippen LogP contribution in [-0.2, 0) is 17.3 Å². The third-order valence-electron chi connectivity index (χ3n) is 9.35. The van der Waals surface area contributed by atoms with Crippen molar-refractivity contribution in [2.75, 3.05) is 0 Å². The summed E-state index contributed by atoms with van der Waals surface area (Å²) in [6.07, 6.45) is 12.6. The maximum absolute atomic E-state index is 11.6. The van der Waals surface area contributed by atoms with E-state index in [1.807, 2.05) is 0 Å². The predicted molar refractivity (Wildman–Crippen MR) is 148 cm³/mol. The van der Waals surface area contributed by atoms with Gasteiger partial charge in [0.05, 0.1) is 0 Å². The van der Waals surface area contributed by atoms with Crippen LogP contribution in [0.1, 0.15) is 151 Å². The van der Waals surface area contributed by atoms with E-state index in [0.717, 1.165) is 47.9 Å². The molecule has 0 aliphatic heterocycles. The summed E-state index contributed by atoms with van der Waals surface area (Å²) in [5.74, 6) is 1.71. The van der Waals surface area contributed by atoms with Crippen LogP contribution >= 0.6 is 0 Å². The maximum atomic E-state index is 11.6. The van der Waals surface area contributed by atoms with Crippen molar-refractivity contribution in [3.8, 4) is 11.5 Å². The van der Waals surface area contributed by atoms with Crippen molar-refractivity contribution >= 4 is 0 Å². The van der Waals surface area contributed by atoms with Gasteiger partial charge in [0.2, 0.25) is 0 Å². The molecule has 2 aliphatic rings. The Morgan fingerprint density at radius 3 is 1.26 bits per heavy atom. The van der Waals surface area contributed by atoms with Crippen LogP contribution in [0.5, 0.6) is 11.5 Å². The van der Waals surface area contributed by atoms with E-state index in [9.17, 15) is 10.2 Å². The zero-order valence-corrected chi connectivity index (χ0v) is 23.1. The van der Waals surface area contributed by atoms with Gasteiger partial charge < -0.3 is 10.2 Å². The molecule has 0 unspecified atom stereocenters. The number of hydrogen-bond donors (Lipinski definition) is 2. The van der Waals surface area contributed by atoms with Crippen LogP contribution in [0.15, 0.2) is 24.3 Å². The van der Waals surface area contributed by atoms with Crippen molar-refractivity contribution in [1.29, 1.82) is 0 Å². The molecule has 0 radical (unpaired) electrons. The van der Waals surface area contributed by atoms with E-state index in [1.54, 1.807) is 0 Å². The van der Waals surface area contributed by atoms with Gasteiger partial charge in [-0.1, -0.05) is 104 Å². The molecule has 2 nitrogen and oxygen atoms in total. The van der Waals surface area contributed by atoms with Crippen molar-refractivity contribution in [2.24, 2.45) is 0 Å². The van der Waals surface area contributed by atoms with Gasteiger partial charge in [0, 0.05) is 17.5 Å². The molecule has 2 aromatic carbocycles. The topological polar surface area (TPSA) is 40.5 Å². The zero-order chi connectivity index (χ0) is 25.4. The van der Waals surface area contributed by atoms with E-state index in [4.69, 9.17) is 0 Å². The van der Waals surface area contributed by atoms with Crippen LogP contribution in [0.3, 0.4) is 0 Å². The molecule has 0 heterocycles. The standard InChI is InChI=1S/C33H48O2/c1-22(2)24-17-26(30(34)28(20-24)32(5)13-9-7-10-14-32)19-27-18-25(23(3)4)21-29(31(27)35)33(6)15-11-8-12-16-33/h17-18,20-23,34-35H,7-16,19H2,1-6H3. The van der Waals surface area contributed by atoms with E-state index < -0.39 is 0 Å². The highest BCUT2D eigenvalue weighted by atomic mass is 16.3. The lowest BCUT2D eigenvalue weighted by Crippen LogP contribution is -2.26. The molecule has 0 spiro atoms. The van der Waals surface area contributed by atoms with Crippen molar-refractivity contribution in [1.82, 2.24) is 0 Å². The molecule has 0 aromatic heterocycles. The third-order valence-corrected chi connectivity index (χ3v) is 9.35. The van der Waals surface area contributed by atoms with Crippen molar-refractivity contribution in [3.05, 3.63) is 57.6 Å². The van der Waals surface area contributed by atoms with Gasteiger partial charge in [0.1, 0.15) is 11.5 Å². The number of phenols is 2. The minimum Gasteiger partial charge on any atom is -0.507 e. The largest absolute Gasteiger partial charge is 0.507 e. The molecule has 2 heteroatoms. The Balaban J connectivity index is 1.82. The fourth-order valence-corrected chi connectivity index (χ4v) is 6.70. The quantitative estimate of drug-likeness (QED) is 0.436. The minimum atomic E-state index is 0.0323. The normalized spacial score (nSPS) is 19.9. The minimum absolute atomic E-state index is 0.0323. The molecule has 2 aromatic rings. The fourth-order valence-electron chi connectivity index (χ4n) is 6.70. The molecule has 35 heavy (non-hydrogen) atoms. The molecule has 0 bridgehead atoms. The van der Waals surface area contributed by atoms with Crippen LogP contribution in [0.4, 0.5) is 0 Å². The smallest absolute Gasteiger partial charge is 0.122 e. The van der Waals surface area contributed by atoms with Gasteiger partial charge in [-0.3, -0.25) is 0 Å². The molecule has 2 N–H and O–H groups in total. The number of aromatic hydroxyl groups is 2. The third kappa shape index (κ3) is 5.27. The summed E-state index contributed by atoms with van der Waals surface area (Å²) in [6, 6.07) is 8.93. The second-order valence-electron chi connectivity index (χ2n) is 12.9. The Labute approximate surface area is 214 Å². The summed E-state index contributed by atoms with van der Waals surface area (Å²) in [5.41, 5.74) is 6.82. The summed E-state index contributed by atoms with van der Waals surface area (Å²) in [4.78, 5) is 0. The summed E-state index contributed by atoms with van der Waals surface area (Å²) in [5, 5.41) is 23.3. The first-order valence-corrected chi connectivity index (χ1v) is 14.3. The van der Waals surface area contributed by atoms with E-state index in [-0.39, 0.29) is 10.8 Å². The number of benzene rings is 2. The molecule has 2 aliphatic carbocycles. The lowest BCUT2D eigenvalue weighted by atomic mass is 9.69. The van der Waals surface area contributed by atoms with E-state index >= 15 is 0 Å². The van der Waals surface area contributed by atoms with Gasteiger partial charge in [-0.2, -0.15) is 0 Å². The number of phenolic OH excluding ortho intramolecular Hbond substituents is 2. The molecule has 0 amide bonds. The highest BCUT2D eigenvalue weighted by Crippen LogP contribution is 2.48. The van der Waals surface area contributed by atoms with Crippen LogP contribution in [0, 0.1) is 0 Å². The van der Waals surface area contributed by atoms with E-state index in [0.29, 0.717) is 29.8 Å². The van der Waals surface area contributed by atoms with Gasteiger partial charge in [-0.15, -0.1) is 0 Å². The van der Waals surface area contributed by atoms with Crippen molar-refractivity contribution in [2.45, 2.75) is 135 Å². The van der Waals surface area contributed by atoms with E-state index in [1.165, 1.54) is 49.7 Å². The van der Waals surface area contributed by atoms with Crippen LogP contribution in [-0.4, -0.2) is 10.2 Å². The Kier molecular flexibility index (Phi) is 7.60. The van der Waals surface area contributed by atoms with Crippen molar-refractivity contribution < 1.29 is 10.2 Å². The van der Waals surface area contributed by atoms with Gasteiger partial charge >= 0.3 is 0 Å². The average Bonchev–Trinajstić information content (AvgIpc) is 2.82. The molecular formula is C33H48O2. The summed E-state index contributed by atoms with van der Waals surface area (Å²) < 4.78 is 0. The van der Waals surface area contributed by atoms with Crippen LogP contribution in [0.25, 0.3) is 0 Å². The summed E-state index contributed by atoms with van der Waals surface area (Å²) >= 11 is 0. The second kappa shape index (κ2) is 10.2. The SMILES string of the molecule is CC(C)c1cc(Cc2cc(C(C)C)cc(C3(C)CCCCC3)c2O)c(O)c(C2(C)CCCCC2)c1. The molecule has 192 valence electrons. The highest BCUT2D eigenvalue weighted by Gasteiger charge is 2.34. The van der Waals surface area contributed by atoms with Gasteiger partial charge in [0.25, 0.3) is 0 Å². The molecule has 2 saturated carbocycles. The Bertz CT molecular complexity index is 950. The van der Waals surface area contributed by atoms with E-state index in [2.05, 4.69) is 65.8 Å². The monoisotopic (exact) mass is 476 g/mol. The molecular weight excluding hydrogens is 428 g/mol. The first-order valence-electron chi connectivity index (χ1n) is 14.3. The molecule has 0 saturated heterocycles. The van der Waals surface area contributed by atoms with Crippen molar-refractivity contribution in [3.63, 3.8) is 0 Å². The highest BCUT2D eigenvalue weighted by molar-refractivity contribution is 5.54.